The first kappa shape index (κ1) is 18.8. The number of nitrogens with zero attached hydrogens (tertiary/aromatic N) is 2. The highest BCUT2D eigenvalue weighted by atomic mass is 15.1. The molecule has 2 aliphatic carbocycles. The molecule has 1 aromatic heterocycles. The Morgan fingerprint density at radius 1 is 0.839 bits per heavy atom. The number of pyridine rings is 1. The van der Waals surface area contributed by atoms with E-state index in [1.807, 2.05) is 12.3 Å². The molecule has 0 saturated carbocycles. The highest BCUT2D eigenvalue weighted by molar-refractivity contribution is 5.84. The van der Waals surface area contributed by atoms with E-state index in [0.29, 0.717) is 0 Å². The first-order chi connectivity index (χ1) is 15.3. The Balaban J connectivity index is 1.26. The molecule has 2 heterocycles. The van der Waals surface area contributed by atoms with Crippen molar-refractivity contribution in [3.8, 4) is 0 Å². The zero-order valence-corrected chi connectivity index (χ0v) is 17.9. The lowest BCUT2D eigenvalue weighted by Crippen LogP contribution is -2.41. The number of rotatable bonds is 2. The molecule has 1 aliphatic heterocycles. The number of hydrogen-bond acceptors (Lipinski definition) is 2. The minimum atomic E-state index is 0.155. The summed E-state index contributed by atoms with van der Waals surface area (Å²) < 4.78 is 0. The molecule has 154 valence electrons. The fraction of sp³-hybridized carbons (Fsp3) is 0.276. The number of fused-ring (bicyclic) bond motifs is 4. The summed E-state index contributed by atoms with van der Waals surface area (Å²) in [5, 5.41) is 0. The molecular weight excluding hydrogens is 376 g/mol. The third kappa shape index (κ3) is 3.26. The fourth-order valence-corrected chi connectivity index (χ4v) is 5.69. The number of likely N-dealkylation sites (tertiary alicyclic amines) is 1. The van der Waals surface area contributed by atoms with Gasteiger partial charge in [-0.3, -0.25) is 9.88 Å². The van der Waals surface area contributed by atoms with Crippen molar-refractivity contribution in [1.29, 1.82) is 0 Å². The van der Waals surface area contributed by atoms with E-state index in [1.54, 1.807) is 0 Å². The van der Waals surface area contributed by atoms with E-state index in [0.717, 1.165) is 45.3 Å². The molecule has 0 atom stereocenters. The summed E-state index contributed by atoms with van der Waals surface area (Å²) in [6.07, 6.45) is 13.7. The van der Waals surface area contributed by atoms with Crippen LogP contribution in [0.15, 0.2) is 79.0 Å². The van der Waals surface area contributed by atoms with Gasteiger partial charge in [0.2, 0.25) is 0 Å². The molecule has 0 bridgehead atoms. The first-order valence-corrected chi connectivity index (χ1v) is 11.6. The number of aryl methyl sites for hydroxylation is 2. The molecule has 0 N–H and O–H groups in total. The van der Waals surface area contributed by atoms with Crippen molar-refractivity contribution in [2.45, 2.75) is 31.1 Å². The molecule has 2 nitrogen and oxygen atoms in total. The molecule has 3 aromatic rings. The molecule has 31 heavy (non-hydrogen) atoms. The molecule has 0 unspecified atom stereocenters. The number of allylic oxidation sites excluding steroid dienone is 1. The molecule has 1 spiro atoms. The van der Waals surface area contributed by atoms with Gasteiger partial charge in [-0.1, -0.05) is 72.8 Å². The van der Waals surface area contributed by atoms with Crippen LogP contribution in [0, 0.1) is 0 Å². The van der Waals surface area contributed by atoms with E-state index in [4.69, 9.17) is 4.98 Å². The second kappa shape index (κ2) is 7.62. The summed E-state index contributed by atoms with van der Waals surface area (Å²) >= 11 is 0. The monoisotopic (exact) mass is 404 g/mol. The lowest BCUT2D eigenvalue weighted by molar-refractivity contribution is 0.198. The molecule has 2 aromatic carbocycles. The van der Waals surface area contributed by atoms with Gasteiger partial charge in [0, 0.05) is 18.2 Å². The Labute approximate surface area is 185 Å². The van der Waals surface area contributed by atoms with Crippen LogP contribution in [0.3, 0.4) is 0 Å². The van der Waals surface area contributed by atoms with Crippen LogP contribution >= 0.6 is 0 Å². The van der Waals surface area contributed by atoms with Gasteiger partial charge in [0.15, 0.2) is 0 Å². The predicted molar refractivity (Wildman–Crippen MR) is 128 cm³/mol. The maximum absolute atomic E-state index is 4.75. The van der Waals surface area contributed by atoms with Crippen LogP contribution < -0.4 is 0 Å². The summed E-state index contributed by atoms with van der Waals surface area (Å²) in [5.74, 6) is 0. The van der Waals surface area contributed by atoms with E-state index in [9.17, 15) is 0 Å². The smallest absolute Gasteiger partial charge is 0.0576 e. The van der Waals surface area contributed by atoms with Gasteiger partial charge < -0.3 is 0 Å². The first-order valence-electron chi connectivity index (χ1n) is 11.6. The fourth-order valence-electron chi connectivity index (χ4n) is 5.69. The van der Waals surface area contributed by atoms with Crippen molar-refractivity contribution >= 4 is 11.6 Å². The molecule has 6 rings (SSSR count). The minimum Gasteiger partial charge on any atom is -0.300 e. The van der Waals surface area contributed by atoms with Gasteiger partial charge in [-0.25, -0.2) is 0 Å². The zero-order valence-electron chi connectivity index (χ0n) is 17.9. The third-order valence-corrected chi connectivity index (χ3v) is 7.47. The lowest BCUT2D eigenvalue weighted by Gasteiger charge is -2.38. The van der Waals surface area contributed by atoms with E-state index in [1.165, 1.54) is 39.1 Å². The van der Waals surface area contributed by atoms with Crippen LogP contribution in [-0.4, -0.2) is 29.5 Å². The number of aromatic nitrogens is 1. The Kier molecular flexibility index (Phi) is 4.61. The van der Waals surface area contributed by atoms with E-state index >= 15 is 0 Å². The number of hydrogen-bond donors (Lipinski definition) is 0. The molecular formula is C29H28N2. The average Bonchev–Trinajstić information content (AvgIpc) is 3.09. The summed E-state index contributed by atoms with van der Waals surface area (Å²) in [4.78, 5) is 7.36. The van der Waals surface area contributed by atoms with Crippen molar-refractivity contribution in [3.05, 3.63) is 113 Å². The van der Waals surface area contributed by atoms with E-state index in [2.05, 4.69) is 77.7 Å². The Bertz CT molecular complexity index is 1130. The van der Waals surface area contributed by atoms with Crippen LogP contribution in [0.2, 0.25) is 0 Å². The van der Waals surface area contributed by atoms with Gasteiger partial charge in [-0.15, -0.1) is 0 Å². The van der Waals surface area contributed by atoms with Crippen LogP contribution in [0.4, 0.5) is 0 Å². The summed E-state index contributed by atoms with van der Waals surface area (Å²) in [5.41, 5.74) is 9.95. The van der Waals surface area contributed by atoms with Crippen LogP contribution in [-0.2, 0) is 18.3 Å². The topological polar surface area (TPSA) is 16.1 Å². The normalized spacial score (nSPS) is 18.9. The third-order valence-electron chi connectivity index (χ3n) is 7.47. The predicted octanol–water partition coefficient (Wildman–Crippen LogP) is 5.67. The summed E-state index contributed by atoms with van der Waals surface area (Å²) in [7, 11) is 0. The summed E-state index contributed by atoms with van der Waals surface area (Å²) in [6.45, 7) is 3.24. The van der Waals surface area contributed by atoms with Gasteiger partial charge in [0.05, 0.1) is 5.69 Å². The van der Waals surface area contributed by atoms with Gasteiger partial charge >= 0.3 is 0 Å². The van der Waals surface area contributed by atoms with E-state index < -0.39 is 0 Å². The Morgan fingerprint density at radius 3 is 2.23 bits per heavy atom. The number of piperidine rings is 1. The molecule has 2 heteroatoms. The van der Waals surface area contributed by atoms with Crippen molar-refractivity contribution in [3.63, 3.8) is 0 Å². The number of benzene rings is 2. The quantitative estimate of drug-likeness (QED) is 0.547. The molecule has 0 amide bonds. The van der Waals surface area contributed by atoms with Crippen LogP contribution in [0.25, 0.3) is 11.6 Å². The largest absolute Gasteiger partial charge is 0.300 e. The SMILES string of the molecule is C1=CC2(CCN(CC=C3c4ccccc4CCc4ccccc43)CC2)c2ncccc21. The van der Waals surface area contributed by atoms with Crippen molar-refractivity contribution < 1.29 is 0 Å². The maximum atomic E-state index is 4.75. The van der Waals surface area contributed by atoms with E-state index in [-0.39, 0.29) is 5.41 Å². The lowest BCUT2D eigenvalue weighted by atomic mass is 9.77. The molecule has 1 saturated heterocycles. The van der Waals surface area contributed by atoms with Crippen LogP contribution in [0.1, 0.15) is 46.4 Å². The van der Waals surface area contributed by atoms with Crippen LogP contribution in [0.5, 0.6) is 0 Å². The Hall–Kier alpha value is -2.97. The van der Waals surface area contributed by atoms with Gasteiger partial charge in [-0.05, 0) is 78.2 Å². The Morgan fingerprint density at radius 2 is 1.52 bits per heavy atom. The maximum Gasteiger partial charge on any atom is 0.0576 e. The standard InChI is InChI=1S/C29H28N2/c1-3-9-25-22(6-1)11-12-23-7-2-4-10-26(23)27(25)14-19-31-20-16-29(17-21-31)15-13-24-8-5-18-30-28(24)29/h1-10,13-15,18H,11-12,16-17,19-21H2. The molecule has 0 radical (unpaired) electrons. The second-order valence-corrected chi connectivity index (χ2v) is 9.16. The summed E-state index contributed by atoms with van der Waals surface area (Å²) in [6, 6.07) is 22.2. The minimum absolute atomic E-state index is 0.155. The molecule has 1 fully saturated rings. The highest BCUT2D eigenvalue weighted by Gasteiger charge is 2.39. The van der Waals surface area contributed by atoms with Gasteiger partial charge in [0.25, 0.3) is 0 Å². The van der Waals surface area contributed by atoms with Gasteiger partial charge in [0.1, 0.15) is 0 Å². The van der Waals surface area contributed by atoms with Crippen molar-refractivity contribution in [2.75, 3.05) is 19.6 Å². The van der Waals surface area contributed by atoms with Gasteiger partial charge in [-0.2, -0.15) is 0 Å². The zero-order chi connectivity index (χ0) is 20.7. The highest BCUT2D eigenvalue weighted by Crippen LogP contribution is 2.42. The molecule has 3 aliphatic rings. The average molecular weight is 405 g/mol. The van der Waals surface area contributed by atoms with Crippen molar-refractivity contribution in [2.24, 2.45) is 0 Å². The van der Waals surface area contributed by atoms with Crippen molar-refractivity contribution in [1.82, 2.24) is 9.88 Å². The second-order valence-electron chi connectivity index (χ2n) is 9.16.